The number of aliphatic hydroxyl groups excluding tert-OH is 1. The molecule has 8 heterocycles. The molecule has 4 aliphatic rings. The fraction of sp³-hybridized carbons (Fsp3) is 0.397. The lowest BCUT2D eigenvalue weighted by atomic mass is 9.94. The number of nitrogens with zero attached hydrogens (tertiary/aromatic N) is 9. The fourth-order valence-electron chi connectivity index (χ4n) is 12.0. The number of pyridine rings is 2. The van der Waals surface area contributed by atoms with Crippen molar-refractivity contribution in [1.82, 2.24) is 50.5 Å². The third kappa shape index (κ3) is 12.2. The van der Waals surface area contributed by atoms with Crippen molar-refractivity contribution < 1.29 is 42.8 Å². The second-order valence-corrected chi connectivity index (χ2v) is 22.2. The van der Waals surface area contributed by atoms with E-state index in [9.17, 15) is 19.1 Å². The number of aromatic nitrogens is 7. The lowest BCUT2D eigenvalue weighted by Crippen LogP contribution is -2.51. The van der Waals surface area contributed by atoms with Crippen LogP contribution in [0.4, 0.5) is 14.6 Å². The van der Waals surface area contributed by atoms with Crippen LogP contribution < -0.4 is 25.0 Å². The van der Waals surface area contributed by atoms with Gasteiger partial charge in [0.05, 0.1) is 43.6 Å². The van der Waals surface area contributed by atoms with E-state index < -0.39 is 12.1 Å². The van der Waals surface area contributed by atoms with E-state index in [2.05, 4.69) is 37.8 Å². The first-order chi connectivity index (χ1) is 40.4. The normalized spacial score (nSPS) is 18.7. The van der Waals surface area contributed by atoms with Gasteiger partial charge in [0.25, 0.3) is 0 Å². The number of aliphatic hydroxyl groups is 1. The van der Waals surface area contributed by atoms with Crippen LogP contribution in [0.2, 0.25) is 0 Å². The van der Waals surface area contributed by atoms with E-state index >= 15 is 4.39 Å². The Kier molecular flexibility index (Phi) is 17.1. The number of likely N-dealkylation sites (tertiary alicyclic amines) is 1. The number of nitrogens with one attached hydrogen (secondary N) is 2. The molecule has 0 radical (unpaired) electrons. The van der Waals surface area contributed by atoms with Gasteiger partial charge >= 0.3 is 6.01 Å². The van der Waals surface area contributed by atoms with E-state index in [4.69, 9.17) is 34.3 Å². The van der Waals surface area contributed by atoms with Gasteiger partial charge in [-0.15, -0.1) is 5.10 Å². The van der Waals surface area contributed by atoms with E-state index in [1.165, 1.54) is 12.3 Å². The summed E-state index contributed by atoms with van der Waals surface area (Å²) in [6.45, 7) is 11.6. The van der Waals surface area contributed by atoms with Gasteiger partial charge in [0.15, 0.2) is 5.75 Å². The molecule has 18 nitrogen and oxygen atoms in total. The quantitative estimate of drug-likeness (QED) is 0.0625. The van der Waals surface area contributed by atoms with Crippen LogP contribution in [0.3, 0.4) is 0 Å². The van der Waals surface area contributed by atoms with Gasteiger partial charge in [0, 0.05) is 79.7 Å². The Morgan fingerprint density at radius 1 is 0.916 bits per heavy atom. The molecule has 2 amide bonds. The summed E-state index contributed by atoms with van der Waals surface area (Å²) < 4.78 is 50.0. The molecule has 12 rings (SSSR count). The largest absolute Gasteiger partial charge is 0.508 e. The number of aryl methyl sites for hydroxylation is 1. The first kappa shape index (κ1) is 56.7. The Morgan fingerprint density at radius 2 is 1.67 bits per heavy atom. The summed E-state index contributed by atoms with van der Waals surface area (Å²) in [6, 6.07) is 23.1. The maximum Gasteiger partial charge on any atom is 0.319 e. The van der Waals surface area contributed by atoms with Crippen molar-refractivity contribution in [3.05, 3.63) is 132 Å². The van der Waals surface area contributed by atoms with Gasteiger partial charge in [0.1, 0.15) is 58.9 Å². The Morgan fingerprint density at radius 3 is 2.36 bits per heavy atom. The molecule has 0 spiro atoms. The Hall–Kier alpha value is -8.20. The van der Waals surface area contributed by atoms with Gasteiger partial charge in [-0.05, 0) is 102 Å². The number of carbonyl (C=O) groups is 2. The van der Waals surface area contributed by atoms with Crippen molar-refractivity contribution in [3.8, 4) is 51.2 Å². The molecule has 0 saturated carbocycles. The number of carbonyl (C=O) groups excluding carboxylic acids is 2. The predicted molar refractivity (Wildman–Crippen MR) is 311 cm³/mol. The number of amides is 2. The molecular formula is C63H69F2N11O7. The first-order valence-corrected chi connectivity index (χ1v) is 28.7. The molecule has 4 N–H and O–H groups in total. The summed E-state index contributed by atoms with van der Waals surface area (Å²) in [4.78, 5) is 47.3. The summed E-state index contributed by atoms with van der Waals surface area (Å²) in [5, 5.41) is 37.5. The molecule has 5 atom stereocenters. The number of hydrogen-bond acceptors (Lipinski definition) is 15. The van der Waals surface area contributed by atoms with E-state index in [1.807, 2.05) is 56.1 Å². The van der Waals surface area contributed by atoms with Crippen molar-refractivity contribution in [1.29, 1.82) is 0 Å². The first-order valence-electron chi connectivity index (χ1n) is 28.7. The van der Waals surface area contributed by atoms with E-state index in [0.717, 1.165) is 86.9 Å². The number of phenols is 1. The minimum absolute atomic E-state index is 0.0226. The van der Waals surface area contributed by atoms with Crippen molar-refractivity contribution in [2.45, 2.75) is 116 Å². The van der Waals surface area contributed by atoms with E-state index in [-0.39, 0.29) is 60.6 Å². The molecule has 4 aromatic heterocycles. The second kappa shape index (κ2) is 25.1. The van der Waals surface area contributed by atoms with Crippen LogP contribution in [0.15, 0.2) is 104 Å². The lowest BCUT2D eigenvalue weighted by molar-refractivity contribution is -0.137. The molecule has 432 valence electrons. The molecule has 2 bridgehead atoms. The molecule has 4 aliphatic heterocycles. The van der Waals surface area contributed by atoms with Crippen LogP contribution in [0, 0.1) is 17.6 Å². The predicted octanol–water partition coefficient (Wildman–Crippen LogP) is 9.46. The molecule has 20 heteroatoms. The van der Waals surface area contributed by atoms with Crippen molar-refractivity contribution in [2.75, 3.05) is 44.4 Å². The van der Waals surface area contributed by atoms with Crippen molar-refractivity contribution in [3.63, 3.8) is 0 Å². The molecule has 4 fully saturated rings. The number of halogens is 2. The van der Waals surface area contributed by atoms with Gasteiger partial charge in [-0.3, -0.25) is 19.6 Å². The summed E-state index contributed by atoms with van der Waals surface area (Å²) in [5.74, 6) is 0.520. The average molecular weight is 1130 g/mol. The summed E-state index contributed by atoms with van der Waals surface area (Å²) in [7, 11) is 0. The highest BCUT2D eigenvalue weighted by atomic mass is 19.1. The van der Waals surface area contributed by atoms with Gasteiger partial charge in [-0.25, -0.2) is 13.5 Å². The lowest BCUT2D eigenvalue weighted by Gasteiger charge is -2.34. The van der Waals surface area contributed by atoms with Crippen LogP contribution in [0.5, 0.6) is 17.5 Å². The van der Waals surface area contributed by atoms with Crippen LogP contribution in [0.25, 0.3) is 55.3 Å². The maximum atomic E-state index is 15.6. The number of hydrogen-bond donors (Lipinski definition) is 4. The van der Waals surface area contributed by atoms with Gasteiger partial charge in [0.2, 0.25) is 12.3 Å². The SMILES string of the molecule is CCc1c(F)ccc2cc(O)cc(-c3ncc4c(N5CC6CCC(C5)N6)nc(OC5CCOCC5)nc4c3OCc3ccc(-c4cn(C(C(=O)N5CCCC5C)C(C)C)nn4)cc3)c12.O=CNC(CO)c1ccc(-c2ccncc2F)cc1. The molecule has 4 aromatic carbocycles. The molecule has 8 aromatic rings. The minimum Gasteiger partial charge on any atom is -0.508 e. The molecular weight excluding hydrogens is 1060 g/mol. The number of anilines is 1. The molecule has 0 aliphatic carbocycles. The number of piperazine rings is 1. The fourth-order valence-corrected chi connectivity index (χ4v) is 12.0. The zero-order valence-electron chi connectivity index (χ0n) is 47.0. The summed E-state index contributed by atoms with van der Waals surface area (Å²) >= 11 is 0. The second-order valence-electron chi connectivity index (χ2n) is 22.2. The summed E-state index contributed by atoms with van der Waals surface area (Å²) in [6.07, 6.45) is 12.8. The Bertz CT molecular complexity index is 3590. The summed E-state index contributed by atoms with van der Waals surface area (Å²) in [5.41, 5.74) is 6.30. The topological polar surface area (TPSA) is 215 Å². The van der Waals surface area contributed by atoms with Crippen molar-refractivity contribution >= 4 is 39.8 Å². The zero-order valence-corrected chi connectivity index (χ0v) is 47.0. The Labute approximate surface area is 480 Å². The smallest absolute Gasteiger partial charge is 0.319 e. The minimum atomic E-state index is -0.450. The number of fused-ring (bicyclic) bond motifs is 4. The van der Waals surface area contributed by atoms with Crippen LogP contribution in [-0.4, -0.2) is 126 Å². The molecule has 4 saturated heterocycles. The van der Waals surface area contributed by atoms with Crippen molar-refractivity contribution in [2.24, 2.45) is 5.92 Å². The number of benzene rings is 4. The van der Waals surface area contributed by atoms with Gasteiger partial charge < -0.3 is 44.9 Å². The highest BCUT2D eigenvalue weighted by Gasteiger charge is 2.36. The van der Waals surface area contributed by atoms with E-state index in [0.29, 0.717) is 99.2 Å². The number of ether oxygens (including phenoxy) is 3. The third-order valence-electron chi connectivity index (χ3n) is 16.4. The zero-order chi connectivity index (χ0) is 57.7. The highest BCUT2D eigenvalue weighted by Crippen LogP contribution is 2.44. The third-order valence-corrected chi connectivity index (χ3v) is 16.4. The maximum absolute atomic E-state index is 15.6. The molecule has 5 unspecified atom stereocenters. The average Bonchev–Trinajstić information content (AvgIpc) is 2.79. The number of phenolic OH excluding ortho intramolecular Hbond substituents is 1. The highest BCUT2D eigenvalue weighted by molar-refractivity contribution is 6.04. The van der Waals surface area contributed by atoms with Gasteiger partial charge in [-0.2, -0.15) is 9.97 Å². The van der Waals surface area contributed by atoms with Crippen LogP contribution >= 0.6 is 0 Å². The van der Waals surface area contributed by atoms with Gasteiger partial charge in [-0.1, -0.05) is 80.6 Å². The standard InChI is InChI=1S/C49H56FN9O5.C14H13FN2O2/c1-5-37-40(50)15-12-32-21-35(60)22-38(42(32)37)43-46(44-39(23-51-43)47(57-24-33-13-14-34(25-57)52-33)54-49(53-44)64-36-16-19-62-20-17-36)63-27-30-8-10-31(11-9-30)41-26-59(56-55-41)45(28(2)3)48(61)58-18-6-7-29(58)4;15-13-7-16-6-5-12(13)10-1-3-11(4-2-10)14(8-18)17-9-19/h8-12,15,21-23,26,28-29,33-34,36,45,52,60H,5-7,13-14,16-20,24-25,27H2,1-4H3;1-7,9,14,18H,8H2,(H,17,19). The van der Waals surface area contributed by atoms with E-state index in [1.54, 1.807) is 59.4 Å². The Balaban J connectivity index is 0.000000322. The monoisotopic (exact) mass is 1130 g/mol. The molecule has 83 heavy (non-hydrogen) atoms. The van der Waals surface area contributed by atoms with Crippen LogP contribution in [0.1, 0.15) is 95.0 Å². The number of rotatable bonds is 17. The van der Waals surface area contributed by atoms with Crippen LogP contribution in [-0.2, 0) is 27.4 Å². The number of aromatic hydroxyl groups is 1.